The lowest BCUT2D eigenvalue weighted by Crippen LogP contribution is -2.05. The maximum absolute atomic E-state index is 10.5. The molecule has 2 aromatic rings. The maximum Gasteiger partial charge on any atom is 0.295 e. The number of rotatable bonds is 4. The number of nitrogens with one attached hydrogen (secondary N) is 1. The van der Waals surface area contributed by atoms with E-state index in [1.54, 1.807) is 0 Å². The molecule has 0 radical (unpaired) electrons. The van der Waals surface area contributed by atoms with Crippen molar-refractivity contribution in [1.82, 2.24) is 4.98 Å². The Morgan fingerprint density at radius 3 is 3.06 bits per heavy atom. The van der Waals surface area contributed by atoms with Gasteiger partial charge < -0.3 is 14.8 Å². The average molecular weight is 223 g/mol. The third-order valence-corrected chi connectivity index (χ3v) is 1.97. The molecule has 0 fully saturated rings. The Balaban J connectivity index is 2.34. The molecule has 0 unspecified atom stereocenters. The third kappa shape index (κ3) is 1.94. The first-order chi connectivity index (χ1) is 7.70. The van der Waals surface area contributed by atoms with E-state index in [0.29, 0.717) is 17.6 Å². The summed E-state index contributed by atoms with van der Waals surface area (Å²) in [6.45, 7) is 0.272. The van der Waals surface area contributed by atoms with E-state index in [1.807, 2.05) is 0 Å². The van der Waals surface area contributed by atoms with Crippen LogP contribution in [-0.2, 0) is 0 Å². The summed E-state index contributed by atoms with van der Waals surface area (Å²) in [6.07, 6.45) is 0. The number of hydrogen-bond donors (Lipinski definition) is 2. The first-order valence-electron chi connectivity index (χ1n) is 4.60. The molecule has 1 heterocycles. The molecule has 0 atom stereocenters. The van der Waals surface area contributed by atoms with Crippen LogP contribution < -0.4 is 5.32 Å². The average Bonchev–Trinajstić information content (AvgIpc) is 2.67. The number of aromatic nitrogens is 1. The Bertz CT molecular complexity index is 522. The zero-order chi connectivity index (χ0) is 11.5. The second kappa shape index (κ2) is 4.15. The Morgan fingerprint density at radius 2 is 2.38 bits per heavy atom. The van der Waals surface area contributed by atoms with Gasteiger partial charge in [0.05, 0.1) is 17.6 Å². The monoisotopic (exact) mass is 223 g/mol. The quantitative estimate of drug-likeness (QED) is 0.595. The highest BCUT2D eigenvalue weighted by Gasteiger charge is 2.10. The van der Waals surface area contributed by atoms with Gasteiger partial charge >= 0.3 is 0 Å². The highest BCUT2D eigenvalue weighted by atomic mass is 16.6. The van der Waals surface area contributed by atoms with Crippen LogP contribution in [0.15, 0.2) is 22.6 Å². The highest BCUT2D eigenvalue weighted by Crippen LogP contribution is 2.23. The van der Waals surface area contributed by atoms with Crippen LogP contribution in [0, 0.1) is 10.1 Å². The van der Waals surface area contributed by atoms with Gasteiger partial charge in [-0.05, 0) is 6.07 Å². The molecule has 0 aliphatic rings. The summed E-state index contributed by atoms with van der Waals surface area (Å²) >= 11 is 0. The summed E-state index contributed by atoms with van der Waals surface area (Å²) in [5.41, 5.74) is 0.832. The lowest BCUT2D eigenvalue weighted by molar-refractivity contribution is -0.384. The molecule has 0 saturated carbocycles. The Morgan fingerprint density at radius 1 is 1.56 bits per heavy atom. The third-order valence-electron chi connectivity index (χ3n) is 1.97. The highest BCUT2D eigenvalue weighted by molar-refractivity contribution is 5.77. The molecule has 1 aromatic carbocycles. The van der Waals surface area contributed by atoms with Gasteiger partial charge in [-0.15, -0.1) is 0 Å². The second-order valence-electron chi connectivity index (χ2n) is 3.08. The Hall–Kier alpha value is -2.15. The summed E-state index contributed by atoms with van der Waals surface area (Å²) in [5, 5.41) is 21.9. The molecule has 0 spiro atoms. The van der Waals surface area contributed by atoms with Gasteiger partial charge in [-0.25, -0.2) is 0 Å². The maximum atomic E-state index is 10.5. The molecular formula is C9H9N3O4. The van der Waals surface area contributed by atoms with Crippen LogP contribution in [0.1, 0.15) is 0 Å². The summed E-state index contributed by atoms with van der Waals surface area (Å²) in [7, 11) is 0. The number of aliphatic hydroxyl groups is 1. The Labute approximate surface area is 89.9 Å². The number of oxazole rings is 1. The fourth-order valence-electron chi connectivity index (χ4n) is 1.27. The molecular weight excluding hydrogens is 214 g/mol. The number of nitro groups is 1. The number of nitrogens with zero attached hydrogens (tertiary/aromatic N) is 2. The molecule has 0 saturated heterocycles. The van der Waals surface area contributed by atoms with E-state index in [-0.39, 0.29) is 18.3 Å². The number of benzene rings is 1. The minimum absolute atomic E-state index is 0.0428. The van der Waals surface area contributed by atoms with Crippen molar-refractivity contribution < 1.29 is 14.4 Å². The number of non-ortho nitro benzene ring substituents is 1. The van der Waals surface area contributed by atoms with Crippen LogP contribution in [0.5, 0.6) is 0 Å². The predicted octanol–water partition coefficient (Wildman–Crippen LogP) is 1.14. The predicted molar refractivity (Wildman–Crippen MR) is 56.2 cm³/mol. The largest absolute Gasteiger partial charge is 0.423 e. The van der Waals surface area contributed by atoms with Gasteiger partial charge in [-0.2, -0.15) is 4.98 Å². The summed E-state index contributed by atoms with van der Waals surface area (Å²) in [6, 6.07) is 4.43. The van der Waals surface area contributed by atoms with Gasteiger partial charge in [0.15, 0.2) is 5.58 Å². The molecule has 7 nitrogen and oxygen atoms in total. The smallest absolute Gasteiger partial charge is 0.295 e. The van der Waals surface area contributed by atoms with Crippen LogP contribution in [0.25, 0.3) is 11.1 Å². The van der Waals surface area contributed by atoms with Crippen LogP contribution >= 0.6 is 0 Å². The first-order valence-corrected chi connectivity index (χ1v) is 4.60. The topological polar surface area (TPSA) is 101 Å². The van der Waals surface area contributed by atoms with Gasteiger partial charge in [-0.1, -0.05) is 0 Å². The van der Waals surface area contributed by atoms with Crippen molar-refractivity contribution in [3.63, 3.8) is 0 Å². The molecule has 2 N–H and O–H groups in total. The fourth-order valence-corrected chi connectivity index (χ4v) is 1.27. The minimum Gasteiger partial charge on any atom is -0.423 e. The van der Waals surface area contributed by atoms with Crippen LogP contribution in [-0.4, -0.2) is 28.2 Å². The van der Waals surface area contributed by atoms with E-state index < -0.39 is 4.92 Å². The van der Waals surface area contributed by atoms with Crippen molar-refractivity contribution in [2.24, 2.45) is 0 Å². The van der Waals surface area contributed by atoms with Gasteiger partial charge in [0, 0.05) is 12.6 Å². The SMILES string of the molecule is O=[N+]([O-])c1ccc2nc(NCCO)oc2c1. The second-order valence-corrected chi connectivity index (χ2v) is 3.08. The van der Waals surface area contributed by atoms with E-state index in [1.165, 1.54) is 18.2 Å². The van der Waals surface area contributed by atoms with E-state index in [4.69, 9.17) is 9.52 Å². The summed E-state index contributed by atoms with van der Waals surface area (Å²) in [5.74, 6) is 0. The van der Waals surface area contributed by atoms with E-state index in [2.05, 4.69) is 10.3 Å². The van der Waals surface area contributed by atoms with Crippen molar-refractivity contribution >= 4 is 22.8 Å². The Kier molecular flexibility index (Phi) is 2.69. The number of hydrogen-bond acceptors (Lipinski definition) is 6. The molecule has 0 bridgehead atoms. The van der Waals surface area contributed by atoms with Crippen LogP contribution in [0.4, 0.5) is 11.7 Å². The summed E-state index contributed by atoms with van der Waals surface area (Å²) < 4.78 is 5.22. The number of anilines is 1. The van der Waals surface area contributed by atoms with E-state index in [9.17, 15) is 10.1 Å². The van der Waals surface area contributed by atoms with E-state index >= 15 is 0 Å². The minimum atomic E-state index is -0.497. The molecule has 7 heteroatoms. The molecule has 2 rings (SSSR count). The van der Waals surface area contributed by atoms with Crippen molar-refractivity contribution in [3.05, 3.63) is 28.3 Å². The molecule has 1 aromatic heterocycles. The van der Waals surface area contributed by atoms with Crippen LogP contribution in [0.3, 0.4) is 0 Å². The fraction of sp³-hybridized carbons (Fsp3) is 0.222. The lowest BCUT2D eigenvalue weighted by Gasteiger charge is -1.94. The van der Waals surface area contributed by atoms with Crippen molar-refractivity contribution in [2.45, 2.75) is 0 Å². The van der Waals surface area contributed by atoms with Crippen molar-refractivity contribution in [1.29, 1.82) is 0 Å². The first kappa shape index (κ1) is 10.4. The number of nitro benzene ring substituents is 1. The molecule has 0 amide bonds. The molecule has 0 aliphatic heterocycles. The number of fused-ring (bicyclic) bond motifs is 1. The zero-order valence-electron chi connectivity index (χ0n) is 8.21. The lowest BCUT2D eigenvalue weighted by atomic mass is 10.3. The van der Waals surface area contributed by atoms with Gasteiger partial charge in [-0.3, -0.25) is 10.1 Å². The van der Waals surface area contributed by atoms with E-state index in [0.717, 1.165) is 0 Å². The number of aliphatic hydroxyl groups excluding tert-OH is 1. The summed E-state index contributed by atoms with van der Waals surface area (Å²) in [4.78, 5) is 14.1. The van der Waals surface area contributed by atoms with Crippen molar-refractivity contribution in [3.8, 4) is 0 Å². The zero-order valence-corrected chi connectivity index (χ0v) is 8.21. The van der Waals surface area contributed by atoms with Crippen LogP contribution in [0.2, 0.25) is 0 Å². The van der Waals surface area contributed by atoms with Gasteiger partial charge in [0.25, 0.3) is 11.7 Å². The van der Waals surface area contributed by atoms with Crippen molar-refractivity contribution in [2.75, 3.05) is 18.5 Å². The van der Waals surface area contributed by atoms with Gasteiger partial charge in [0.1, 0.15) is 5.52 Å². The normalized spacial score (nSPS) is 10.6. The standard InChI is InChI=1S/C9H9N3O4/c13-4-3-10-9-11-7-2-1-6(12(14)15)5-8(7)16-9/h1-2,5,13H,3-4H2,(H,10,11). The van der Waals surface area contributed by atoms with Gasteiger partial charge in [0.2, 0.25) is 0 Å². The molecule has 16 heavy (non-hydrogen) atoms. The molecule has 84 valence electrons. The molecule has 0 aliphatic carbocycles.